The van der Waals surface area contributed by atoms with Crippen LogP contribution in [0.15, 0.2) is 18.2 Å². The van der Waals surface area contributed by atoms with Crippen molar-refractivity contribution in [3.8, 4) is 0 Å². The average Bonchev–Trinajstić information content (AvgIpc) is 2.47. The van der Waals surface area contributed by atoms with E-state index in [9.17, 15) is 19.7 Å². The maximum Gasteiger partial charge on any atom is 0.339 e. The molecule has 120 valence electrons. The number of carbonyl (C=O) groups is 2. The number of nitro groups is 1. The van der Waals surface area contributed by atoms with Gasteiger partial charge in [0.25, 0.3) is 5.69 Å². The summed E-state index contributed by atoms with van der Waals surface area (Å²) in [4.78, 5) is 33.4. The number of carbonyl (C=O) groups excluding carboxylic acids is 2. The molecule has 0 aliphatic carbocycles. The van der Waals surface area contributed by atoms with Gasteiger partial charge in [0.05, 0.1) is 17.1 Å². The van der Waals surface area contributed by atoms with Gasteiger partial charge in [-0.05, 0) is 26.0 Å². The maximum absolute atomic E-state index is 11.9. The lowest BCUT2D eigenvalue weighted by Gasteiger charge is -2.11. The van der Waals surface area contributed by atoms with E-state index < -0.39 is 17.0 Å². The monoisotopic (exact) mass is 310 g/mol. The first-order valence-electron chi connectivity index (χ1n) is 6.59. The summed E-state index contributed by atoms with van der Waals surface area (Å²) >= 11 is 0. The Labute approximate surface area is 127 Å². The summed E-state index contributed by atoms with van der Waals surface area (Å²) in [5.41, 5.74) is 0.0383. The molecule has 8 heteroatoms. The third-order valence-corrected chi connectivity index (χ3v) is 2.91. The summed E-state index contributed by atoms with van der Waals surface area (Å²) in [5.74, 6) is -1.09. The lowest BCUT2D eigenvalue weighted by Crippen LogP contribution is -2.22. The SMILES string of the molecule is COCCNc1ccc(C(=O)O[C@H](C)C(C)=O)cc1[N+](=O)[O-]. The molecule has 0 saturated heterocycles. The van der Waals surface area contributed by atoms with E-state index in [2.05, 4.69) is 5.32 Å². The van der Waals surface area contributed by atoms with Gasteiger partial charge in [-0.15, -0.1) is 0 Å². The molecule has 0 amide bonds. The van der Waals surface area contributed by atoms with E-state index in [4.69, 9.17) is 9.47 Å². The van der Waals surface area contributed by atoms with Gasteiger partial charge in [0.15, 0.2) is 11.9 Å². The van der Waals surface area contributed by atoms with Crippen LogP contribution >= 0.6 is 0 Å². The zero-order valence-electron chi connectivity index (χ0n) is 12.6. The molecule has 22 heavy (non-hydrogen) atoms. The molecule has 0 aliphatic heterocycles. The first kappa shape index (κ1) is 17.6. The van der Waals surface area contributed by atoms with E-state index >= 15 is 0 Å². The van der Waals surface area contributed by atoms with Gasteiger partial charge >= 0.3 is 5.97 Å². The minimum atomic E-state index is -0.897. The van der Waals surface area contributed by atoms with Gasteiger partial charge in [-0.1, -0.05) is 0 Å². The molecule has 8 nitrogen and oxygen atoms in total. The predicted molar refractivity (Wildman–Crippen MR) is 79.0 cm³/mol. The number of benzene rings is 1. The molecule has 0 bridgehead atoms. The number of ketones is 1. The molecule has 0 spiro atoms. The number of hydrogen-bond acceptors (Lipinski definition) is 7. The number of Topliss-reactive ketones (excluding diaryl/α,β-unsaturated/α-hetero) is 1. The highest BCUT2D eigenvalue weighted by Crippen LogP contribution is 2.26. The quantitative estimate of drug-likeness (QED) is 0.337. The number of nitrogens with zero attached hydrogens (tertiary/aromatic N) is 1. The van der Waals surface area contributed by atoms with E-state index in [0.717, 1.165) is 6.07 Å². The number of nitro benzene ring substituents is 1. The fraction of sp³-hybridized carbons (Fsp3) is 0.429. The number of hydrogen-bond donors (Lipinski definition) is 1. The van der Waals surface area contributed by atoms with Gasteiger partial charge in [0.1, 0.15) is 5.69 Å². The Morgan fingerprint density at radius 1 is 1.41 bits per heavy atom. The standard InChI is InChI=1S/C14H18N2O6/c1-9(17)10(2)22-14(18)11-4-5-12(15-6-7-21-3)13(8-11)16(19)20/h4-5,8,10,15H,6-7H2,1-3H3/t10-/m1/s1. The molecule has 0 aliphatic rings. The van der Waals surface area contributed by atoms with Crippen LogP contribution in [0.4, 0.5) is 11.4 Å². The van der Waals surface area contributed by atoms with Crippen LogP contribution in [0, 0.1) is 10.1 Å². The normalized spacial score (nSPS) is 11.6. The molecule has 0 aromatic heterocycles. The van der Waals surface area contributed by atoms with E-state index in [0.29, 0.717) is 13.2 Å². The van der Waals surface area contributed by atoms with Gasteiger partial charge < -0.3 is 14.8 Å². The van der Waals surface area contributed by atoms with Gasteiger partial charge in [-0.3, -0.25) is 14.9 Å². The van der Waals surface area contributed by atoms with Crippen molar-refractivity contribution >= 4 is 23.1 Å². The first-order chi connectivity index (χ1) is 10.4. The Morgan fingerprint density at radius 2 is 2.09 bits per heavy atom. The van der Waals surface area contributed by atoms with Gasteiger partial charge in [0, 0.05) is 19.7 Å². The number of nitrogens with one attached hydrogen (secondary N) is 1. The Hall–Kier alpha value is -2.48. The zero-order chi connectivity index (χ0) is 16.7. The number of anilines is 1. The van der Waals surface area contributed by atoms with Crippen molar-refractivity contribution in [2.75, 3.05) is 25.6 Å². The number of esters is 1. The van der Waals surface area contributed by atoms with E-state index in [1.807, 2.05) is 0 Å². The molecule has 1 rings (SSSR count). The van der Waals surface area contributed by atoms with Gasteiger partial charge in [-0.2, -0.15) is 0 Å². The van der Waals surface area contributed by atoms with Crippen molar-refractivity contribution < 1.29 is 24.0 Å². The summed E-state index contributed by atoms with van der Waals surface area (Å²) in [7, 11) is 1.52. The Balaban J connectivity index is 2.94. The van der Waals surface area contributed by atoms with Crippen LogP contribution in [0.25, 0.3) is 0 Å². The van der Waals surface area contributed by atoms with Crippen LogP contribution in [0.3, 0.4) is 0 Å². The zero-order valence-corrected chi connectivity index (χ0v) is 12.6. The van der Waals surface area contributed by atoms with Crippen LogP contribution in [-0.2, 0) is 14.3 Å². The second-order valence-corrected chi connectivity index (χ2v) is 4.57. The number of methoxy groups -OCH3 is 1. The van der Waals surface area contributed by atoms with Crippen LogP contribution in [0.5, 0.6) is 0 Å². The van der Waals surface area contributed by atoms with Crippen molar-refractivity contribution in [1.29, 1.82) is 0 Å². The van der Waals surface area contributed by atoms with E-state index in [-0.39, 0.29) is 22.7 Å². The van der Waals surface area contributed by atoms with Crippen LogP contribution < -0.4 is 5.32 Å². The minimum absolute atomic E-state index is 0.0112. The van der Waals surface area contributed by atoms with Crippen LogP contribution in [0.2, 0.25) is 0 Å². The molecule has 0 fully saturated rings. The predicted octanol–water partition coefficient (Wildman–Crippen LogP) is 1.79. The van der Waals surface area contributed by atoms with Crippen LogP contribution in [-0.4, -0.2) is 43.0 Å². The van der Waals surface area contributed by atoms with Crippen molar-refractivity contribution in [2.45, 2.75) is 20.0 Å². The second-order valence-electron chi connectivity index (χ2n) is 4.57. The molecule has 0 radical (unpaired) electrons. The highest BCUT2D eigenvalue weighted by Gasteiger charge is 2.20. The number of ether oxygens (including phenoxy) is 2. The molecule has 1 aromatic carbocycles. The van der Waals surface area contributed by atoms with Crippen molar-refractivity contribution in [3.63, 3.8) is 0 Å². The molecule has 0 heterocycles. The molecular weight excluding hydrogens is 292 g/mol. The lowest BCUT2D eigenvalue weighted by atomic mass is 10.1. The molecule has 1 atom stereocenters. The largest absolute Gasteiger partial charge is 0.451 e. The smallest absolute Gasteiger partial charge is 0.339 e. The highest BCUT2D eigenvalue weighted by molar-refractivity contribution is 5.93. The lowest BCUT2D eigenvalue weighted by molar-refractivity contribution is -0.384. The average molecular weight is 310 g/mol. The fourth-order valence-corrected chi connectivity index (χ4v) is 1.56. The van der Waals surface area contributed by atoms with Gasteiger partial charge in [0.2, 0.25) is 0 Å². The summed E-state index contributed by atoms with van der Waals surface area (Å²) < 4.78 is 9.77. The van der Waals surface area contributed by atoms with Gasteiger partial charge in [-0.25, -0.2) is 4.79 Å². The summed E-state index contributed by atoms with van der Waals surface area (Å²) in [6.07, 6.45) is -0.897. The topological polar surface area (TPSA) is 108 Å². The maximum atomic E-state index is 11.9. The molecule has 0 saturated carbocycles. The molecular formula is C14H18N2O6. The molecule has 0 unspecified atom stereocenters. The first-order valence-corrected chi connectivity index (χ1v) is 6.59. The third-order valence-electron chi connectivity index (χ3n) is 2.91. The second kappa shape index (κ2) is 8.08. The summed E-state index contributed by atoms with van der Waals surface area (Å²) in [6.45, 7) is 3.51. The summed E-state index contributed by atoms with van der Waals surface area (Å²) in [6, 6.07) is 3.93. The Kier molecular flexibility index (Phi) is 6.46. The third kappa shape index (κ3) is 4.81. The van der Waals surface area contributed by atoms with E-state index in [1.54, 1.807) is 0 Å². The number of rotatable bonds is 8. The summed E-state index contributed by atoms with van der Waals surface area (Å²) in [5, 5.41) is 13.9. The molecule has 1 aromatic rings. The van der Waals surface area contributed by atoms with Crippen molar-refractivity contribution in [1.82, 2.24) is 0 Å². The molecule has 1 N–H and O–H groups in total. The van der Waals surface area contributed by atoms with E-state index in [1.165, 1.54) is 33.1 Å². The minimum Gasteiger partial charge on any atom is -0.451 e. The fourth-order valence-electron chi connectivity index (χ4n) is 1.56. The Bertz CT molecular complexity index is 572. The highest BCUT2D eigenvalue weighted by atomic mass is 16.6. The van der Waals surface area contributed by atoms with Crippen molar-refractivity contribution in [2.24, 2.45) is 0 Å². The Morgan fingerprint density at radius 3 is 2.64 bits per heavy atom. The van der Waals surface area contributed by atoms with Crippen LogP contribution in [0.1, 0.15) is 24.2 Å². The van der Waals surface area contributed by atoms with Crippen molar-refractivity contribution in [3.05, 3.63) is 33.9 Å².